The second-order valence-corrected chi connectivity index (χ2v) is 6.14. The fourth-order valence-corrected chi connectivity index (χ4v) is 2.91. The van der Waals surface area contributed by atoms with Crippen molar-refractivity contribution < 1.29 is 9.85 Å². The van der Waals surface area contributed by atoms with Crippen LogP contribution < -0.4 is 0 Å². The molecule has 1 aromatic heterocycles. The van der Waals surface area contributed by atoms with E-state index in [1.54, 1.807) is 24.3 Å². The molecule has 1 heterocycles. The molecule has 0 aliphatic rings. The van der Waals surface area contributed by atoms with Gasteiger partial charge in [-0.25, -0.2) is 0 Å². The van der Waals surface area contributed by atoms with Gasteiger partial charge in [0.05, 0.1) is 15.5 Å². The molecule has 0 aliphatic carbocycles. The van der Waals surface area contributed by atoms with E-state index in [9.17, 15) is 20.2 Å². The molecule has 4 aromatic rings. The molecule has 0 amide bonds. The topological polar surface area (TPSA) is 117 Å². The number of aromatic nitrogens is 3. The van der Waals surface area contributed by atoms with Gasteiger partial charge in [0.15, 0.2) is 0 Å². The van der Waals surface area contributed by atoms with Gasteiger partial charge in [-0.05, 0) is 12.1 Å². The molecule has 0 atom stereocenters. The van der Waals surface area contributed by atoms with Crippen LogP contribution in [0.1, 0.15) is 0 Å². The van der Waals surface area contributed by atoms with Gasteiger partial charge in [0, 0.05) is 35.4 Å². The third-order valence-corrected chi connectivity index (χ3v) is 4.26. The van der Waals surface area contributed by atoms with Gasteiger partial charge < -0.3 is 0 Å². The van der Waals surface area contributed by atoms with Crippen molar-refractivity contribution in [3.8, 4) is 28.2 Å². The Morgan fingerprint density at radius 1 is 0.655 bits per heavy atom. The number of rotatable bonds is 5. The van der Waals surface area contributed by atoms with Crippen LogP contribution in [0.25, 0.3) is 28.2 Å². The molecule has 0 fully saturated rings. The van der Waals surface area contributed by atoms with Crippen LogP contribution in [0.15, 0.2) is 78.9 Å². The first-order chi connectivity index (χ1) is 14.0. The van der Waals surface area contributed by atoms with Crippen molar-refractivity contribution in [3.63, 3.8) is 0 Å². The van der Waals surface area contributed by atoms with Crippen LogP contribution in [0, 0.1) is 20.2 Å². The van der Waals surface area contributed by atoms with Crippen molar-refractivity contribution >= 4 is 11.4 Å². The summed E-state index contributed by atoms with van der Waals surface area (Å²) in [5, 5.41) is 31.4. The van der Waals surface area contributed by atoms with E-state index in [-0.39, 0.29) is 11.4 Å². The van der Waals surface area contributed by atoms with Crippen molar-refractivity contribution in [3.05, 3.63) is 99.1 Å². The molecule has 0 radical (unpaired) electrons. The highest BCUT2D eigenvalue weighted by Gasteiger charge is 2.19. The van der Waals surface area contributed by atoms with Crippen LogP contribution in [0.2, 0.25) is 0 Å². The molecule has 0 saturated carbocycles. The van der Waals surface area contributed by atoms with Gasteiger partial charge in [-0.3, -0.25) is 20.2 Å². The monoisotopic (exact) mass is 387 g/mol. The standard InChI is InChI=1S/C20H13N5O4/c26-24(27)17-10-4-6-14(12-17)19-20(15-7-5-11-18(13-15)25(28)29)22-23(21-19)16-8-2-1-3-9-16/h1-13H. The SMILES string of the molecule is O=[N+]([O-])c1cccc(-c2nn(-c3ccccc3)nc2-c2cccc([N+](=O)[O-])c2)c1. The minimum atomic E-state index is -0.488. The number of para-hydroxylation sites is 1. The van der Waals surface area contributed by atoms with Crippen LogP contribution in [0.3, 0.4) is 0 Å². The van der Waals surface area contributed by atoms with Gasteiger partial charge in [-0.1, -0.05) is 42.5 Å². The highest BCUT2D eigenvalue weighted by atomic mass is 16.6. The van der Waals surface area contributed by atoms with Gasteiger partial charge in [0.25, 0.3) is 11.4 Å². The smallest absolute Gasteiger partial charge is 0.258 e. The van der Waals surface area contributed by atoms with Crippen molar-refractivity contribution in [2.24, 2.45) is 0 Å². The summed E-state index contributed by atoms with van der Waals surface area (Å²) in [6.07, 6.45) is 0. The Bertz CT molecular complexity index is 1150. The van der Waals surface area contributed by atoms with Crippen molar-refractivity contribution in [1.29, 1.82) is 0 Å². The van der Waals surface area contributed by atoms with E-state index in [0.29, 0.717) is 28.2 Å². The fraction of sp³-hybridized carbons (Fsp3) is 0. The Balaban J connectivity index is 1.93. The number of non-ortho nitro benzene ring substituents is 2. The van der Waals surface area contributed by atoms with Crippen LogP contribution in [-0.4, -0.2) is 24.8 Å². The van der Waals surface area contributed by atoms with E-state index in [4.69, 9.17) is 0 Å². The largest absolute Gasteiger partial charge is 0.270 e. The summed E-state index contributed by atoms with van der Waals surface area (Å²) in [7, 11) is 0. The van der Waals surface area contributed by atoms with Crippen LogP contribution >= 0.6 is 0 Å². The predicted molar refractivity (Wildman–Crippen MR) is 106 cm³/mol. The number of nitro groups is 2. The fourth-order valence-electron chi connectivity index (χ4n) is 2.91. The first kappa shape index (κ1) is 18.0. The third kappa shape index (κ3) is 3.56. The van der Waals surface area contributed by atoms with Crippen LogP contribution in [0.4, 0.5) is 11.4 Å². The summed E-state index contributed by atoms with van der Waals surface area (Å²) in [5.74, 6) is 0. The van der Waals surface area contributed by atoms with E-state index in [0.717, 1.165) is 0 Å². The highest BCUT2D eigenvalue weighted by molar-refractivity contribution is 5.79. The molecule has 9 nitrogen and oxygen atoms in total. The quantitative estimate of drug-likeness (QED) is 0.370. The Morgan fingerprint density at radius 3 is 1.59 bits per heavy atom. The summed E-state index contributed by atoms with van der Waals surface area (Å²) in [4.78, 5) is 22.8. The zero-order valence-corrected chi connectivity index (χ0v) is 14.9. The third-order valence-electron chi connectivity index (χ3n) is 4.26. The molecule has 9 heteroatoms. The second kappa shape index (κ2) is 7.31. The van der Waals surface area contributed by atoms with Gasteiger partial charge in [0.2, 0.25) is 0 Å². The maximum absolute atomic E-state index is 11.2. The molecule has 29 heavy (non-hydrogen) atoms. The molecule has 0 spiro atoms. The Hall–Kier alpha value is -4.40. The number of nitrogens with zero attached hydrogens (tertiary/aromatic N) is 5. The zero-order valence-electron chi connectivity index (χ0n) is 14.9. The lowest BCUT2D eigenvalue weighted by Crippen LogP contribution is -1.98. The lowest BCUT2D eigenvalue weighted by atomic mass is 10.0. The average Bonchev–Trinajstić information content (AvgIpc) is 3.20. The molecule has 0 aliphatic heterocycles. The first-order valence-electron chi connectivity index (χ1n) is 8.55. The van der Waals surface area contributed by atoms with Gasteiger partial charge in [-0.15, -0.1) is 10.2 Å². The molecular formula is C20H13N5O4. The predicted octanol–water partition coefficient (Wildman–Crippen LogP) is 4.42. The second-order valence-electron chi connectivity index (χ2n) is 6.14. The minimum absolute atomic E-state index is 0.0817. The van der Waals surface area contributed by atoms with Crippen molar-refractivity contribution in [1.82, 2.24) is 15.0 Å². The first-order valence-corrected chi connectivity index (χ1v) is 8.55. The average molecular weight is 387 g/mol. The summed E-state index contributed by atoms with van der Waals surface area (Å²) in [5.41, 5.74) is 2.28. The van der Waals surface area contributed by atoms with E-state index >= 15 is 0 Å². The normalized spacial score (nSPS) is 10.6. The summed E-state index contributed by atoms with van der Waals surface area (Å²) in [6.45, 7) is 0. The molecular weight excluding hydrogens is 374 g/mol. The van der Waals surface area contributed by atoms with Crippen molar-refractivity contribution in [2.45, 2.75) is 0 Å². The molecule has 4 rings (SSSR count). The molecule has 0 bridgehead atoms. The molecule has 0 saturated heterocycles. The zero-order chi connectivity index (χ0) is 20.4. The number of hydrogen-bond acceptors (Lipinski definition) is 6. The summed E-state index contributed by atoms with van der Waals surface area (Å²) < 4.78 is 0. The lowest BCUT2D eigenvalue weighted by Gasteiger charge is -2.01. The lowest BCUT2D eigenvalue weighted by molar-refractivity contribution is -0.385. The van der Waals surface area contributed by atoms with Crippen molar-refractivity contribution in [2.75, 3.05) is 0 Å². The summed E-state index contributed by atoms with van der Waals surface area (Å²) >= 11 is 0. The number of hydrogen-bond donors (Lipinski definition) is 0. The maximum atomic E-state index is 11.2. The Morgan fingerprint density at radius 2 is 1.14 bits per heavy atom. The number of benzene rings is 3. The van der Waals surface area contributed by atoms with Crippen LogP contribution in [0.5, 0.6) is 0 Å². The molecule has 0 unspecified atom stereocenters. The molecule has 142 valence electrons. The van der Waals surface area contributed by atoms with Gasteiger partial charge in [-0.2, -0.15) is 4.80 Å². The minimum Gasteiger partial charge on any atom is -0.258 e. The van der Waals surface area contributed by atoms with Gasteiger partial charge >= 0.3 is 0 Å². The number of nitro benzene ring substituents is 2. The highest BCUT2D eigenvalue weighted by Crippen LogP contribution is 2.33. The van der Waals surface area contributed by atoms with Gasteiger partial charge in [0.1, 0.15) is 11.4 Å². The van der Waals surface area contributed by atoms with E-state index in [2.05, 4.69) is 10.2 Å². The summed E-state index contributed by atoms with van der Waals surface area (Å²) in [6, 6.07) is 21.2. The van der Waals surface area contributed by atoms with Crippen LogP contribution in [-0.2, 0) is 0 Å². The van der Waals surface area contributed by atoms with E-state index in [1.165, 1.54) is 29.1 Å². The Kier molecular flexibility index (Phi) is 4.54. The van der Waals surface area contributed by atoms with E-state index in [1.807, 2.05) is 30.3 Å². The molecule has 0 N–H and O–H groups in total. The molecule has 3 aromatic carbocycles. The Labute approximate surface area is 164 Å². The maximum Gasteiger partial charge on any atom is 0.270 e. The van der Waals surface area contributed by atoms with E-state index < -0.39 is 9.85 Å².